The number of rotatable bonds is 6. The van der Waals surface area contributed by atoms with Crippen LogP contribution in [-0.4, -0.2) is 31.2 Å². The Morgan fingerprint density at radius 2 is 2.13 bits per heavy atom. The highest BCUT2D eigenvalue weighted by atomic mass is 15.0. The Morgan fingerprint density at radius 3 is 2.73 bits per heavy atom. The largest absolute Gasteiger partial charge is 0.324 e. The van der Waals surface area contributed by atoms with E-state index in [-0.39, 0.29) is 5.54 Å². The molecule has 0 aromatic carbocycles. The average molecular weight is 211 g/mol. The molecule has 3 nitrogen and oxygen atoms in total. The second-order valence-corrected chi connectivity index (χ2v) is 5.10. The molecule has 0 bridgehead atoms. The summed E-state index contributed by atoms with van der Waals surface area (Å²) in [6.45, 7) is 6.99. The molecule has 0 saturated carbocycles. The van der Waals surface area contributed by atoms with Gasteiger partial charge in [0.25, 0.3) is 0 Å². The average Bonchev–Trinajstić information content (AvgIpc) is 2.17. The molecule has 0 amide bonds. The van der Waals surface area contributed by atoms with Crippen molar-refractivity contribution in [3.63, 3.8) is 0 Å². The monoisotopic (exact) mass is 211 g/mol. The predicted octanol–water partition coefficient (Wildman–Crippen LogP) is 1.01. The van der Waals surface area contributed by atoms with Crippen LogP contribution < -0.4 is 16.4 Å². The summed E-state index contributed by atoms with van der Waals surface area (Å²) in [6.07, 6.45) is 8.23. The molecule has 0 heterocycles. The van der Waals surface area contributed by atoms with E-state index in [0.29, 0.717) is 6.04 Å². The van der Waals surface area contributed by atoms with E-state index in [1.807, 2.05) is 13.8 Å². The molecule has 1 aliphatic rings. The van der Waals surface area contributed by atoms with Crippen LogP contribution in [0, 0.1) is 0 Å². The highest BCUT2D eigenvalue weighted by Crippen LogP contribution is 2.09. The first-order valence-electron chi connectivity index (χ1n) is 5.96. The van der Waals surface area contributed by atoms with E-state index in [4.69, 9.17) is 5.73 Å². The van der Waals surface area contributed by atoms with Crippen LogP contribution in [0.4, 0.5) is 0 Å². The summed E-state index contributed by atoms with van der Waals surface area (Å²) in [5, 5.41) is 6.91. The number of hydrogen-bond acceptors (Lipinski definition) is 3. The molecular formula is C12H25N3. The van der Waals surface area contributed by atoms with Crippen LogP contribution in [0.15, 0.2) is 12.2 Å². The smallest absolute Gasteiger partial charge is 0.0223 e. The van der Waals surface area contributed by atoms with Gasteiger partial charge >= 0.3 is 0 Å². The molecule has 0 fully saturated rings. The Hall–Kier alpha value is -0.380. The first-order chi connectivity index (χ1) is 7.08. The number of hydrogen-bond donors (Lipinski definition) is 3. The number of nitrogens with one attached hydrogen (secondary N) is 2. The molecule has 1 aliphatic carbocycles. The van der Waals surface area contributed by atoms with Crippen LogP contribution in [0.25, 0.3) is 0 Å². The van der Waals surface area contributed by atoms with Crippen molar-refractivity contribution in [3.05, 3.63) is 12.2 Å². The zero-order valence-corrected chi connectivity index (χ0v) is 10.1. The summed E-state index contributed by atoms with van der Waals surface area (Å²) in [6, 6.07) is 0.683. The summed E-state index contributed by atoms with van der Waals surface area (Å²) in [5.74, 6) is 0. The van der Waals surface area contributed by atoms with Crippen molar-refractivity contribution in [2.45, 2.75) is 44.7 Å². The molecule has 3 heteroatoms. The molecule has 88 valence electrons. The van der Waals surface area contributed by atoms with Crippen LogP contribution in [0.3, 0.4) is 0 Å². The predicted molar refractivity (Wildman–Crippen MR) is 65.9 cm³/mol. The lowest BCUT2D eigenvalue weighted by atomic mass is 10.0. The highest BCUT2D eigenvalue weighted by Gasteiger charge is 2.10. The van der Waals surface area contributed by atoms with Gasteiger partial charge in [0, 0.05) is 31.2 Å². The topological polar surface area (TPSA) is 50.1 Å². The van der Waals surface area contributed by atoms with Crippen molar-refractivity contribution >= 4 is 0 Å². The lowest BCUT2D eigenvalue weighted by Crippen LogP contribution is -2.45. The van der Waals surface area contributed by atoms with Gasteiger partial charge in [-0.2, -0.15) is 0 Å². The van der Waals surface area contributed by atoms with E-state index in [0.717, 1.165) is 19.6 Å². The summed E-state index contributed by atoms with van der Waals surface area (Å²) >= 11 is 0. The van der Waals surface area contributed by atoms with Crippen LogP contribution in [0.1, 0.15) is 33.1 Å². The van der Waals surface area contributed by atoms with Crippen molar-refractivity contribution in [3.8, 4) is 0 Å². The van der Waals surface area contributed by atoms with Crippen molar-refractivity contribution in [1.29, 1.82) is 0 Å². The van der Waals surface area contributed by atoms with Gasteiger partial charge in [-0.05, 0) is 33.1 Å². The Morgan fingerprint density at radius 1 is 1.33 bits per heavy atom. The summed E-state index contributed by atoms with van der Waals surface area (Å²) in [7, 11) is 0. The molecule has 0 radical (unpaired) electrons. The lowest BCUT2D eigenvalue weighted by molar-refractivity contribution is 0.436. The first-order valence-corrected chi connectivity index (χ1v) is 5.96. The lowest BCUT2D eigenvalue weighted by Gasteiger charge is -2.21. The minimum Gasteiger partial charge on any atom is -0.324 e. The van der Waals surface area contributed by atoms with E-state index in [9.17, 15) is 0 Å². The first kappa shape index (κ1) is 12.7. The Labute approximate surface area is 93.5 Å². The minimum atomic E-state index is -0.104. The third-order valence-electron chi connectivity index (χ3n) is 2.58. The summed E-state index contributed by atoms with van der Waals surface area (Å²) in [5.41, 5.74) is 5.76. The van der Waals surface area contributed by atoms with Crippen LogP contribution in [0.2, 0.25) is 0 Å². The van der Waals surface area contributed by atoms with Crippen LogP contribution in [-0.2, 0) is 0 Å². The van der Waals surface area contributed by atoms with Gasteiger partial charge in [-0.15, -0.1) is 0 Å². The zero-order chi connectivity index (χ0) is 11.1. The van der Waals surface area contributed by atoms with Gasteiger partial charge in [-0.1, -0.05) is 12.2 Å². The standard InChI is InChI=1S/C12H25N3/c1-12(2,13)10-14-8-9-15-11-6-4-3-5-7-11/h3-4,11,14-15H,5-10,13H2,1-2H3. The molecule has 1 rings (SSSR count). The van der Waals surface area contributed by atoms with E-state index in [2.05, 4.69) is 22.8 Å². The van der Waals surface area contributed by atoms with Crippen LogP contribution >= 0.6 is 0 Å². The maximum Gasteiger partial charge on any atom is 0.0223 e. The zero-order valence-electron chi connectivity index (χ0n) is 10.1. The van der Waals surface area contributed by atoms with E-state index < -0.39 is 0 Å². The minimum absolute atomic E-state index is 0.104. The van der Waals surface area contributed by atoms with Crippen LogP contribution in [0.5, 0.6) is 0 Å². The fourth-order valence-electron chi connectivity index (χ4n) is 1.75. The second kappa shape index (κ2) is 6.26. The van der Waals surface area contributed by atoms with Gasteiger partial charge in [0.2, 0.25) is 0 Å². The molecule has 1 atom stereocenters. The molecule has 0 aliphatic heterocycles. The third kappa shape index (κ3) is 6.66. The molecule has 1 unspecified atom stereocenters. The molecule has 0 aromatic rings. The Balaban J connectivity index is 1.95. The number of allylic oxidation sites excluding steroid dienone is 1. The van der Waals surface area contributed by atoms with Crippen molar-refractivity contribution in [2.24, 2.45) is 5.73 Å². The quantitative estimate of drug-likeness (QED) is 0.454. The Kier molecular flexibility index (Phi) is 5.29. The van der Waals surface area contributed by atoms with Gasteiger partial charge in [0.1, 0.15) is 0 Å². The third-order valence-corrected chi connectivity index (χ3v) is 2.58. The van der Waals surface area contributed by atoms with E-state index >= 15 is 0 Å². The van der Waals surface area contributed by atoms with E-state index in [1.54, 1.807) is 0 Å². The maximum absolute atomic E-state index is 5.87. The van der Waals surface area contributed by atoms with Crippen molar-refractivity contribution < 1.29 is 0 Å². The van der Waals surface area contributed by atoms with Gasteiger partial charge in [-0.25, -0.2) is 0 Å². The van der Waals surface area contributed by atoms with Crippen molar-refractivity contribution in [2.75, 3.05) is 19.6 Å². The van der Waals surface area contributed by atoms with Crippen molar-refractivity contribution in [1.82, 2.24) is 10.6 Å². The fraction of sp³-hybridized carbons (Fsp3) is 0.833. The SMILES string of the molecule is CC(C)(N)CNCCNC1CC=CCC1. The van der Waals surface area contributed by atoms with Gasteiger partial charge < -0.3 is 16.4 Å². The van der Waals surface area contributed by atoms with Gasteiger partial charge in [-0.3, -0.25) is 0 Å². The fourth-order valence-corrected chi connectivity index (χ4v) is 1.75. The van der Waals surface area contributed by atoms with Gasteiger partial charge in [0.05, 0.1) is 0 Å². The van der Waals surface area contributed by atoms with E-state index in [1.165, 1.54) is 19.3 Å². The molecule has 0 aromatic heterocycles. The summed E-state index contributed by atoms with van der Waals surface area (Å²) in [4.78, 5) is 0. The second-order valence-electron chi connectivity index (χ2n) is 5.10. The molecule has 0 spiro atoms. The normalized spacial score (nSPS) is 21.9. The van der Waals surface area contributed by atoms with Gasteiger partial charge in [0.15, 0.2) is 0 Å². The molecule has 0 saturated heterocycles. The maximum atomic E-state index is 5.87. The highest BCUT2D eigenvalue weighted by molar-refractivity contribution is 4.92. The number of nitrogens with two attached hydrogens (primary N) is 1. The molecule has 4 N–H and O–H groups in total. The molecular weight excluding hydrogens is 186 g/mol. The Bertz CT molecular complexity index is 194. The molecule has 15 heavy (non-hydrogen) atoms. The summed E-state index contributed by atoms with van der Waals surface area (Å²) < 4.78 is 0.